The van der Waals surface area contributed by atoms with E-state index in [1.54, 1.807) is 25.1 Å². The number of piperazine rings is 1. The number of aromatic hydroxyl groups is 2. The Kier molecular flexibility index (Phi) is 20.6. The van der Waals surface area contributed by atoms with Crippen molar-refractivity contribution in [2.45, 2.75) is 129 Å². The molecule has 21 heteroatoms. The average molecular weight is 1120 g/mol. The summed E-state index contributed by atoms with van der Waals surface area (Å²) in [7, 11) is 0. The highest BCUT2D eigenvalue weighted by Gasteiger charge is 2.50. The smallest absolute Gasteiger partial charge is 0.409 e. The summed E-state index contributed by atoms with van der Waals surface area (Å²) in [4.78, 5) is 99.4. The minimum Gasteiger partial charge on any atom is -0.508 e. The first-order chi connectivity index (χ1) is 38.6. The minimum absolute atomic E-state index is 0.0336. The Balaban J connectivity index is 0.937. The highest BCUT2D eigenvalue weighted by molar-refractivity contribution is 5.99. The molecule has 7 N–H and O–H groups in total. The van der Waals surface area contributed by atoms with E-state index >= 15 is 4.39 Å². The van der Waals surface area contributed by atoms with Gasteiger partial charge in [0.2, 0.25) is 23.6 Å². The van der Waals surface area contributed by atoms with Gasteiger partial charge in [0.1, 0.15) is 47.6 Å². The van der Waals surface area contributed by atoms with E-state index in [2.05, 4.69) is 31.5 Å². The Hall–Kier alpha value is -7.91. The highest BCUT2D eigenvalue weighted by Crippen LogP contribution is 2.37. The predicted octanol–water partition coefficient (Wildman–Crippen LogP) is 5.81. The molecule has 434 valence electrons. The lowest BCUT2D eigenvalue weighted by molar-refractivity contribution is -0.135. The number of phenolic OH excluding ortho intramolecular Hbond substituents is 2. The third-order valence-electron chi connectivity index (χ3n) is 14.5. The van der Waals surface area contributed by atoms with E-state index in [4.69, 9.17) is 9.47 Å². The Morgan fingerprint density at radius 3 is 1.95 bits per heavy atom. The first-order valence-electron chi connectivity index (χ1n) is 27.7. The van der Waals surface area contributed by atoms with E-state index in [1.165, 1.54) is 17.0 Å². The fraction of sp³-hybridized carbons (Fsp3) is 0.467. The fourth-order valence-electron chi connectivity index (χ4n) is 9.80. The monoisotopic (exact) mass is 1120 g/mol. The number of phenols is 2. The van der Waals surface area contributed by atoms with Crippen LogP contribution < -0.4 is 27.0 Å². The number of nitrogens with zero attached hydrogens (tertiary/aromatic N) is 4. The van der Waals surface area contributed by atoms with Crippen molar-refractivity contribution in [2.75, 3.05) is 39.4 Å². The number of hydrogen-bond donors (Lipinski definition) is 7. The predicted molar refractivity (Wildman–Crippen MR) is 301 cm³/mol. The molecule has 0 bridgehead atoms. The van der Waals surface area contributed by atoms with Gasteiger partial charge < -0.3 is 45.9 Å². The summed E-state index contributed by atoms with van der Waals surface area (Å²) in [5.41, 5.74) is 1.25. The van der Waals surface area contributed by atoms with E-state index < -0.39 is 71.0 Å². The minimum atomic E-state index is -1.12. The first-order valence-corrected chi connectivity index (χ1v) is 27.7. The van der Waals surface area contributed by atoms with Crippen LogP contribution in [0.2, 0.25) is 0 Å². The molecule has 0 saturated carbocycles. The van der Waals surface area contributed by atoms with Crippen LogP contribution in [0.1, 0.15) is 102 Å². The number of ketones is 1. The van der Waals surface area contributed by atoms with Crippen molar-refractivity contribution >= 4 is 35.5 Å². The molecule has 3 heterocycles. The van der Waals surface area contributed by atoms with Gasteiger partial charge in [0, 0.05) is 50.8 Å². The van der Waals surface area contributed by atoms with Crippen molar-refractivity contribution in [3.05, 3.63) is 130 Å². The number of H-pyrrole nitrogens is 1. The van der Waals surface area contributed by atoms with Crippen LogP contribution in [0.3, 0.4) is 0 Å². The van der Waals surface area contributed by atoms with Crippen LogP contribution in [-0.2, 0) is 52.8 Å². The van der Waals surface area contributed by atoms with Gasteiger partial charge in [-0.2, -0.15) is 5.10 Å². The molecule has 4 aromatic carbocycles. The molecular formula is C60H76FN9O11. The summed E-state index contributed by atoms with van der Waals surface area (Å²) in [6.45, 7) is 14.5. The summed E-state index contributed by atoms with van der Waals surface area (Å²) < 4.78 is 27.8. The third-order valence-corrected chi connectivity index (χ3v) is 14.5. The Bertz CT molecular complexity index is 3060. The van der Waals surface area contributed by atoms with Gasteiger partial charge in [0.25, 0.3) is 0 Å². The van der Waals surface area contributed by atoms with Crippen LogP contribution in [0.5, 0.6) is 11.5 Å². The summed E-state index contributed by atoms with van der Waals surface area (Å²) in [5.74, 6) is -3.71. The van der Waals surface area contributed by atoms with Gasteiger partial charge in [0.05, 0.1) is 30.3 Å². The number of ether oxygens (including phenoxy) is 2. The summed E-state index contributed by atoms with van der Waals surface area (Å²) in [5, 5.41) is 38.9. The zero-order valence-corrected chi connectivity index (χ0v) is 47.1. The highest BCUT2D eigenvalue weighted by atomic mass is 19.1. The average Bonchev–Trinajstić information content (AvgIpc) is 4.20. The maximum absolute atomic E-state index is 15.8. The Morgan fingerprint density at radius 1 is 0.741 bits per heavy atom. The second-order valence-corrected chi connectivity index (χ2v) is 22.3. The number of benzene rings is 4. The SMILES string of the molecule is CC(C)C[C@H](NC(=O)[C@H](CCc1ccccc1)NC(=O)CCOC(=O)N1CCN(Cc2ccc(-n3c(-c4cc(C(C)C)c(O)cc4O)n[nH]c3=O)cc2F)CC1)C(=O)N[C@@H](Cc1ccccc1)C(=O)N[C@@H](CC(C)C)C(=O)[C@@]1(C)CO1. The fourth-order valence-corrected chi connectivity index (χ4v) is 9.80. The Labute approximate surface area is 471 Å². The van der Waals surface area contributed by atoms with E-state index in [0.717, 1.165) is 15.7 Å². The molecule has 2 aliphatic rings. The van der Waals surface area contributed by atoms with Crippen molar-refractivity contribution < 1.29 is 52.8 Å². The zero-order valence-electron chi connectivity index (χ0n) is 47.1. The van der Waals surface area contributed by atoms with Crippen molar-refractivity contribution in [2.24, 2.45) is 11.8 Å². The van der Waals surface area contributed by atoms with Crippen LogP contribution in [0, 0.1) is 17.7 Å². The van der Waals surface area contributed by atoms with Crippen LogP contribution in [0.15, 0.2) is 95.8 Å². The number of epoxide rings is 1. The lowest BCUT2D eigenvalue weighted by atomic mass is 9.93. The van der Waals surface area contributed by atoms with Crippen molar-refractivity contribution in [3.8, 4) is 28.6 Å². The number of aromatic nitrogens is 3. The molecule has 1 aromatic heterocycles. The van der Waals surface area contributed by atoms with Crippen LogP contribution in [0.4, 0.5) is 9.18 Å². The maximum Gasteiger partial charge on any atom is 0.409 e. The third kappa shape index (κ3) is 16.6. The summed E-state index contributed by atoms with van der Waals surface area (Å²) in [6.07, 6.45) is 0.318. The summed E-state index contributed by atoms with van der Waals surface area (Å²) in [6, 6.07) is 21.4. The summed E-state index contributed by atoms with van der Waals surface area (Å²) >= 11 is 0. The van der Waals surface area contributed by atoms with E-state index in [0.29, 0.717) is 37.1 Å². The molecule has 2 saturated heterocycles. The van der Waals surface area contributed by atoms with E-state index in [-0.39, 0.29) is 111 Å². The number of rotatable bonds is 26. The van der Waals surface area contributed by atoms with Gasteiger partial charge in [-0.1, -0.05) is 108 Å². The number of aromatic amines is 1. The number of halogens is 1. The number of nitrogens with one attached hydrogen (secondary N) is 5. The number of Topliss-reactive ketones (excluding diaryl/α,β-unsaturated/α-hetero) is 1. The molecular weight excluding hydrogens is 1040 g/mol. The molecule has 0 aliphatic carbocycles. The van der Waals surface area contributed by atoms with Gasteiger partial charge in [-0.25, -0.2) is 23.6 Å². The first kappa shape index (κ1) is 60.7. The van der Waals surface area contributed by atoms with Crippen LogP contribution >= 0.6 is 0 Å². The molecule has 0 radical (unpaired) electrons. The number of amides is 5. The van der Waals surface area contributed by atoms with Gasteiger partial charge in [-0.3, -0.25) is 28.9 Å². The largest absolute Gasteiger partial charge is 0.508 e. The number of carbonyl (C=O) groups excluding carboxylic acids is 6. The van der Waals surface area contributed by atoms with Gasteiger partial charge >= 0.3 is 11.8 Å². The molecule has 0 unspecified atom stereocenters. The number of hydrogen-bond acceptors (Lipinski definition) is 13. The van der Waals surface area contributed by atoms with Crippen LogP contribution in [0.25, 0.3) is 17.1 Å². The second kappa shape index (κ2) is 27.5. The molecule has 5 aromatic rings. The quantitative estimate of drug-likeness (QED) is 0.0323. The van der Waals surface area contributed by atoms with Crippen LogP contribution in [-0.4, -0.2) is 139 Å². The van der Waals surface area contributed by atoms with Gasteiger partial charge in [-0.05, 0) is 85.3 Å². The number of aryl methyl sites for hydroxylation is 1. The molecule has 2 aliphatic heterocycles. The standard InChI is InChI=1S/C60H76FN9O11/c1-36(2)28-47(53(74)60(7)35-81-60)63-57(77)49(30-40-16-12-9-13-17-40)65-56(76)48(29-37(3)4)64-55(75)46(21-18-39-14-10-8-11-15-39)62-52(73)22-27-80-59(79)69-25-23-68(24-26-69)34-41-19-20-42(31-45(41)61)70-54(66-67-58(70)78)44-32-43(38(5)6)50(71)33-51(44)72/h8-17,19-20,31-33,36-38,46-49,71-72H,18,21-30,34-35H2,1-7H3,(H,62,73)(H,63,77)(H,64,75)(H,65,76)(H,67,78)/t46-,47-,48-,49-,60+/m0/s1. The molecule has 5 atom stereocenters. The molecule has 5 amide bonds. The molecule has 20 nitrogen and oxygen atoms in total. The molecule has 0 spiro atoms. The van der Waals surface area contributed by atoms with Gasteiger partial charge in [0.15, 0.2) is 11.6 Å². The molecule has 81 heavy (non-hydrogen) atoms. The molecule has 7 rings (SSSR count). The van der Waals surface area contributed by atoms with Crippen molar-refractivity contribution in [1.29, 1.82) is 0 Å². The van der Waals surface area contributed by atoms with E-state index in [1.807, 2.05) is 107 Å². The van der Waals surface area contributed by atoms with Crippen molar-refractivity contribution in [3.63, 3.8) is 0 Å². The second-order valence-electron chi connectivity index (χ2n) is 22.3. The topological polar surface area (TPSA) is 270 Å². The normalized spacial score (nSPS) is 16.8. The zero-order chi connectivity index (χ0) is 58.5. The lowest BCUT2D eigenvalue weighted by Crippen LogP contribution is -2.59. The number of carbonyl (C=O) groups is 6. The molecule has 2 fully saturated rings. The lowest BCUT2D eigenvalue weighted by Gasteiger charge is -2.34. The Morgan fingerprint density at radius 2 is 1.33 bits per heavy atom. The van der Waals surface area contributed by atoms with Crippen molar-refractivity contribution in [1.82, 2.24) is 45.8 Å². The maximum atomic E-state index is 15.8. The van der Waals surface area contributed by atoms with E-state index in [9.17, 15) is 43.8 Å². The van der Waals surface area contributed by atoms with Gasteiger partial charge in [-0.15, -0.1) is 0 Å².